The molecule has 0 aliphatic heterocycles. The first-order valence-corrected chi connectivity index (χ1v) is 6.45. The minimum absolute atomic E-state index is 0.249. The lowest BCUT2D eigenvalue weighted by atomic mass is 10.1. The average molecular weight is 344 g/mol. The van der Waals surface area contributed by atoms with E-state index in [1.165, 1.54) is 18.2 Å². The van der Waals surface area contributed by atoms with E-state index in [9.17, 15) is 17.6 Å². The Morgan fingerprint density at radius 1 is 1.37 bits per heavy atom. The molecular formula is C12H14BrF4NO. The third-order valence-electron chi connectivity index (χ3n) is 2.33. The molecule has 0 aliphatic carbocycles. The van der Waals surface area contributed by atoms with E-state index in [-0.39, 0.29) is 12.2 Å². The minimum Gasteiger partial charge on any atom is -0.370 e. The highest BCUT2D eigenvalue weighted by atomic mass is 79.9. The van der Waals surface area contributed by atoms with Gasteiger partial charge in [0.05, 0.1) is 12.6 Å². The highest BCUT2D eigenvalue weighted by molar-refractivity contribution is 9.10. The summed E-state index contributed by atoms with van der Waals surface area (Å²) in [6.45, 7) is 0.684. The van der Waals surface area contributed by atoms with Gasteiger partial charge in [-0.15, -0.1) is 0 Å². The van der Waals surface area contributed by atoms with Crippen LogP contribution in [0.25, 0.3) is 0 Å². The molecule has 0 saturated heterocycles. The highest BCUT2D eigenvalue weighted by Gasteiger charge is 2.28. The van der Waals surface area contributed by atoms with Gasteiger partial charge in [-0.1, -0.05) is 22.9 Å². The Morgan fingerprint density at radius 3 is 2.63 bits per heavy atom. The third kappa shape index (κ3) is 5.88. The second-order valence-electron chi connectivity index (χ2n) is 3.91. The lowest BCUT2D eigenvalue weighted by Crippen LogP contribution is -2.28. The quantitative estimate of drug-likeness (QED) is 0.793. The molecule has 2 nitrogen and oxygen atoms in total. The van der Waals surface area contributed by atoms with Crippen LogP contribution in [0.15, 0.2) is 22.7 Å². The Balaban J connectivity index is 2.73. The maximum absolute atomic E-state index is 13.7. The van der Waals surface area contributed by atoms with Gasteiger partial charge in [0.15, 0.2) is 0 Å². The number of likely N-dealkylation sites (N-methyl/N-ethyl adjacent to an activating group) is 1. The summed E-state index contributed by atoms with van der Waals surface area (Å²) in [4.78, 5) is 0. The predicted molar refractivity (Wildman–Crippen MR) is 67.4 cm³/mol. The van der Waals surface area contributed by atoms with Gasteiger partial charge in [-0.05, 0) is 24.7 Å². The molecular weight excluding hydrogens is 330 g/mol. The van der Waals surface area contributed by atoms with Crippen LogP contribution in [0.5, 0.6) is 0 Å². The Labute approximate surface area is 117 Å². The van der Waals surface area contributed by atoms with E-state index in [1.54, 1.807) is 6.92 Å². The Hall–Kier alpha value is -0.660. The van der Waals surface area contributed by atoms with Crippen LogP contribution in [0.3, 0.4) is 0 Å². The number of ether oxygens (including phenoxy) is 1. The van der Waals surface area contributed by atoms with Gasteiger partial charge in [-0.25, -0.2) is 4.39 Å². The van der Waals surface area contributed by atoms with Gasteiger partial charge in [-0.3, -0.25) is 0 Å². The molecule has 0 spiro atoms. The molecule has 1 aromatic carbocycles. The SMILES string of the molecule is CCNC(COCC(F)(F)F)c1cc(Br)ccc1F. The van der Waals surface area contributed by atoms with Crippen molar-refractivity contribution in [3.05, 3.63) is 34.1 Å². The van der Waals surface area contributed by atoms with E-state index in [2.05, 4.69) is 26.0 Å². The van der Waals surface area contributed by atoms with E-state index in [1.807, 2.05) is 0 Å². The molecule has 7 heteroatoms. The molecule has 1 unspecified atom stereocenters. The minimum atomic E-state index is -4.38. The smallest absolute Gasteiger partial charge is 0.370 e. The van der Waals surface area contributed by atoms with Gasteiger partial charge in [0.25, 0.3) is 0 Å². The van der Waals surface area contributed by atoms with Gasteiger partial charge in [0.1, 0.15) is 12.4 Å². The standard InChI is InChI=1S/C12H14BrF4NO/c1-2-18-11(6-19-7-12(15,16)17)9-5-8(13)3-4-10(9)14/h3-5,11,18H,2,6-7H2,1H3. The van der Waals surface area contributed by atoms with Crippen molar-refractivity contribution in [2.45, 2.75) is 19.1 Å². The lowest BCUT2D eigenvalue weighted by molar-refractivity contribution is -0.175. The van der Waals surface area contributed by atoms with Crippen molar-refractivity contribution in [3.63, 3.8) is 0 Å². The van der Waals surface area contributed by atoms with Crippen molar-refractivity contribution in [2.75, 3.05) is 19.8 Å². The molecule has 0 aliphatic rings. The van der Waals surface area contributed by atoms with Crippen LogP contribution in [0, 0.1) is 5.82 Å². The van der Waals surface area contributed by atoms with Gasteiger partial charge in [-0.2, -0.15) is 13.2 Å². The van der Waals surface area contributed by atoms with Crippen molar-refractivity contribution in [3.8, 4) is 0 Å². The van der Waals surface area contributed by atoms with E-state index >= 15 is 0 Å². The number of benzene rings is 1. The molecule has 0 heterocycles. The van der Waals surface area contributed by atoms with E-state index in [4.69, 9.17) is 0 Å². The number of nitrogens with one attached hydrogen (secondary N) is 1. The van der Waals surface area contributed by atoms with Gasteiger partial charge >= 0.3 is 6.18 Å². The zero-order chi connectivity index (χ0) is 14.5. The summed E-state index contributed by atoms with van der Waals surface area (Å²) in [5.41, 5.74) is 0.276. The van der Waals surface area contributed by atoms with E-state index in [0.29, 0.717) is 11.0 Å². The Morgan fingerprint density at radius 2 is 2.05 bits per heavy atom. The second kappa shape index (κ2) is 7.21. The van der Waals surface area contributed by atoms with Crippen LogP contribution in [0.4, 0.5) is 17.6 Å². The van der Waals surface area contributed by atoms with Crippen LogP contribution in [-0.4, -0.2) is 25.9 Å². The summed E-state index contributed by atoms with van der Waals surface area (Å²) in [6.07, 6.45) is -4.38. The molecule has 108 valence electrons. The van der Waals surface area contributed by atoms with E-state index < -0.39 is 24.6 Å². The molecule has 1 rings (SSSR count). The molecule has 0 bridgehead atoms. The molecule has 19 heavy (non-hydrogen) atoms. The van der Waals surface area contributed by atoms with Crippen LogP contribution in [0.2, 0.25) is 0 Å². The second-order valence-corrected chi connectivity index (χ2v) is 4.82. The predicted octanol–water partition coefficient (Wildman–Crippen LogP) is 3.82. The molecule has 1 N–H and O–H groups in total. The van der Waals surface area contributed by atoms with Crippen LogP contribution < -0.4 is 5.32 Å². The van der Waals surface area contributed by atoms with Crippen LogP contribution in [0.1, 0.15) is 18.5 Å². The number of hydrogen-bond acceptors (Lipinski definition) is 2. The fraction of sp³-hybridized carbons (Fsp3) is 0.500. The fourth-order valence-electron chi connectivity index (χ4n) is 1.58. The largest absolute Gasteiger partial charge is 0.411 e. The molecule has 1 aromatic rings. The highest BCUT2D eigenvalue weighted by Crippen LogP contribution is 2.23. The first-order chi connectivity index (χ1) is 8.83. The zero-order valence-corrected chi connectivity index (χ0v) is 11.8. The summed E-state index contributed by atoms with van der Waals surface area (Å²) in [6, 6.07) is 3.69. The van der Waals surface area contributed by atoms with Gasteiger partial charge in [0.2, 0.25) is 0 Å². The Kier molecular flexibility index (Phi) is 6.22. The monoisotopic (exact) mass is 343 g/mol. The number of rotatable bonds is 6. The van der Waals surface area contributed by atoms with Crippen LogP contribution >= 0.6 is 15.9 Å². The molecule has 0 saturated carbocycles. The zero-order valence-electron chi connectivity index (χ0n) is 10.2. The topological polar surface area (TPSA) is 21.3 Å². The first kappa shape index (κ1) is 16.4. The van der Waals surface area contributed by atoms with Crippen molar-refractivity contribution in [1.29, 1.82) is 0 Å². The number of hydrogen-bond donors (Lipinski definition) is 1. The van der Waals surface area contributed by atoms with Crippen molar-refractivity contribution >= 4 is 15.9 Å². The molecule has 0 aromatic heterocycles. The number of halogens is 5. The van der Waals surface area contributed by atoms with Crippen molar-refractivity contribution in [1.82, 2.24) is 5.32 Å². The third-order valence-corrected chi connectivity index (χ3v) is 2.83. The maximum Gasteiger partial charge on any atom is 0.411 e. The Bertz CT molecular complexity index is 411. The normalized spacial score (nSPS) is 13.6. The molecule has 1 atom stereocenters. The molecule has 0 radical (unpaired) electrons. The summed E-state index contributed by atoms with van der Waals surface area (Å²) >= 11 is 3.20. The summed E-state index contributed by atoms with van der Waals surface area (Å²) in [5.74, 6) is -0.482. The van der Waals surface area contributed by atoms with E-state index in [0.717, 1.165) is 0 Å². The maximum atomic E-state index is 13.7. The van der Waals surface area contributed by atoms with Gasteiger partial charge in [0, 0.05) is 10.0 Å². The van der Waals surface area contributed by atoms with Crippen molar-refractivity contribution in [2.24, 2.45) is 0 Å². The molecule has 0 amide bonds. The van der Waals surface area contributed by atoms with Crippen LogP contribution in [-0.2, 0) is 4.74 Å². The fourth-order valence-corrected chi connectivity index (χ4v) is 1.96. The van der Waals surface area contributed by atoms with Gasteiger partial charge < -0.3 is 10.1 Å². The summed E-state index contributed by atoms with van der Waals surface area (Å²) in [5, 5.41) is 2.90. The van der Waals surface area contributed by atoms with Crippen molar-refractivity contribution < 1.29 is 22.3 Å². The summed E-state index contributed by atoms with van der Waals surface area (Å²) < 4.78 is 54.9. The first-order valence-electron chi connectivity index (χ1n) is 5.66. The number of alkyl halides is 3. The molecule has 0 fully saturated rings. The summed E-state index contributed by atoms with van der Waals surface area (Å²) in [7, 11) is 0. The lowest BCUT2D eigenvalue weighted by Gasteiger charge is -2.20. The average Bonchev–Trinajstić information content (AvgIpc) is 2.30.